The SMILES string of the molecule is C=C(C)C1(F)CCN(c2ccc3cc(C(=O)O)sc3c2)CC1. The number of anilines is 1. The summed E-state index contributed by atoms with van der Waals surface area (Å²) in [6, 6.07) is 7.60. The van der Waals surface area contributed by atoms with Crippen LogP contribution in [0.25, 0.3) is 10.1 Å². The minimum Gasteiger partial charge on any atom is -0.477 e. The number of rotatable bonds is 3. The molecule has 22 heavy (non-hydrogen) atoms. The first-order valence-electron chi connectivity index (χ1n) is 7.26. The van der Waals surface area contributed by atoms with Crippen LogP contribution in [0.15, 0.2) is 36.4 Å². The fourth-order valence-electron chi connectivity index (χ4n) is 2.87. The number of nitrogens with zero attached hydrogens (tertiary/aromatic N) is 1. The summed E-state index contributed by atoms with van der Waals surface area (Å²) < 4.78 is 15.5. The van der Waals surface area contributed by atoms with Crippen molar-refractivity contribution in [2.24, 2.45) is 0 Å². The molecule has 1 aromatic heterocycles. The number of hydrogen-bond donors (Lipinski definition) is 1. The normalized spacial score (nSPS) is 17.6. The summed E-state index contributed by atoms with van der Waals surface area (Å²) in [5.41, 5.74) is 0.377. The maximum absolute atomic E-state index is 14.5. The summed E-state index contributed by atoms with van der Waals surface area (Å²) in [4.78, 5) is 13.5. The van der Waals surface area contributed by atoms with E-state index in [0.29, 0.717) is 36.4 Å². The molecule has 3 rings (SSSR count). The summed E-state index contributed by atoms with van der Waals surface area (Å²) >= 11 is 1.27. The van der Waals surface area contributed by atoms with Crippen LogP contribution in [-0.4, -0.2) is 29.8 Å². The van der Waals surface area contributed by atoms with E-state index in [-0.39, 0.29) is 0 Å². The van der Waals surface area contributed by atoms with Gasteiger partial charge in [0.05, 0.1) is 0 Å². The van der Waals surface area contributed by atoms with Crippen LogP contribution in [0.2, 0.25) is 0 Å². The van der Waals surface area contributed by atoms with Gasteiger partial charge >= 0.3 is 5.97 Å². The minimum atomic E-state index is -1.25. The summed E-state index contributed by atoms with van der Waals surface area (Å²) in [6.45, 7) is 6.80. The van der Waals surface area contributed by atoms with E-state index in [4.69, 9.17) is 5.11 Å². The lowest BCUT2D eigenvalue weighted by atomic mass is 9.87. The molecule has 1 aliphatic heterocycles. The molecular formula is C17H18FNO2S. The van der Waals surface area contributed by atoms with Gasteiger partial charge < -0.3 is 10.0 Å². The van der Waals surface area contributed by atoms with E-state index in [2.05, 4.69) is 11.5 Å². The molecule has 2 heterocycles. The van der Waals surface area contributed by atoms with Gasteiger partial charge in [-0.1, -0.05) is 12.6 Å². The number of carboxylic acids is 1. The summed E-state index contributed by atoms with van der Waals surface area (Å²) in [5, 5.41) is 10.00. The molecule has 1 saturated heterocycles. The van der Waals surface area contributed by atoms with E-state index in [0.717, 1.165) is 15.8 Å². The standard InChI is InChI=1S/C17H18FNO2S/c1-11(2)17(18)5-7-19(8-6-17)13-4-3-12-9-15(16(20)21)22-14(12)10-13/h3-4,9-10H,1,5-8H2,2H3,(H,20,21). The van der Waals surface area contributed by atoms with Crippen molar-refractivity contribution in [1.29, 1.82) is 0 Å². The Hall–Kier alpha value is -1.88. The third kappa shape index (κ3) is 2.61. The van der Waals surface area contributed by atoms with Gasteiger partial charge in [0.15, 0.2) is 0 Å². The Bertz CT molecular complexity index is 744. The van der Waals surface area contributed by atoms with E-state index in [1.54, 1.807) is 13.0 Å². The Morgan fingerprint density at radius 2 is 2.05 bits per heavy atom. The fraction of sp³-hybridized carbons (Fsp3) is 0.353. The van der Waals surface area contributed by atoms with Crippen molar-refractivity contribution in [2.75, 3.05) is 18.0 Å². The van der Waals surface area contributed by atoms with Gasteiger partial charge in [0.2, 0.25) is 0 Å². The number of hydrogen-bond acceptors (Lipinski definition) is 3. The van der Waals surface area contributed by atoms with Gasteiger partial charge in [0.25, 0.3) is 0 Å². The van der Waals surface area contributed by atoms with Crippen LogP contribution in [0.3, 0.4) is 0 Å². The molecule has 0 spiro atoms. The molecule has 0 radical (unpaired) electrons. The Balaban J connectivity index is 1.83. The highest BCUT2D eigenvalue weighted by atomic mass is 32.1. The molecule has 0 bridgehead atoms. The molecule has 0 amide bonds. The molecule has 1 aliphatic rings. The Labute approximate surface area is 132 Å². The lowest BCUT2D eigenvalue weighted by Crippen LogP contribution is -2.42. The lowest BCUT2D eigenvalue weighted by Gasteiger charge is -2.38. The summed E-state index contributed by atoms with van der Waals surface area (Å²) in [5.74, 6) is -0.899. The number of alkyl halides is 1. The van der Waals surface area contributed by atoms with Crippen LogP contribution in [0.4, 0.5) is 10.1 Å². The number of piperidine rings is 1. The number of carboxylic acid groups (broad SMARTS) is 1. The lowest BCUT2D eigenvalue weighted by molar-refractivity contribution is 0.0702. The highest BCUT2D eigenvalue weighted by molar-refractivity contribution is 7.20. The molecule has 1 fully saturated rings. The molecule has 0 unspecified atom stereocenters. The predicted molar refractivity (Wildman–Crippen MR) is 88.9 cm³/mol. The van der Waals surface area contributed by atoms with E-state index >= 15 is 0 Å². The van der Waals surface area contributed by atoms with Crippen LogP contribution in [0.1, 0.15) is 29.4 Å². The number of benzene rings is 1. The second-order valence-corrected chi connectivity index (χ2v) is 6.95. The van der Waals surface area contributed by atoms with Gasteiger partial charge in [-0.2, -0.15) is 0 Å². The maximum Gasteiger partial charge on any atom is 0.345 e. The van der Waals surface area contributed by atoms with Crippen molar-refractivity contribution in [1.82, 2.24) is 0 Å². The zero-order valence-corrected chi connectivity index (χ0v) is 13.3. The monoisotopic (exact) mass is 319 g/mol. The summed E-state index contributed by atoms with van der Waals surface area (Å²) in [6.07, 6.45) is 0.899. The second kappa shape index (κ2) is 5.39. The average molecular weight is 319 g/mol. The van der Waals surface area contributed by atoms with Crippen molar-refractivity contribution >= 4 is 33.1 Å². The number of fused-ring (bicyclic) bond motifs is 1. The van der Waals surface area contributed by atoms with Crippen LogP contribution in [0, 0.1) is 0 Å². The third-order valence-electron chi connectivity index (χ3n) is 4.40. The molecule has 2 aromatic rings. The van der Waals surface area contributed by atoms with E-state index in [1.807, 2.05) is 18.2 Å². The molecule has 5 heteroatoms. The van der Waals surface area contributed by atoms with Crippen molar-refractivity contribution in [3.63, 3.8) is 0 Å². The quantitative estimate of drug-likeness (QED) is 0.848. The number of thiophene rings is 1. The number of allylic oxidation sites excluding steroid dienone is 1. The van der Waals surface area contributed by atoms with Gasteiger partial charge in [0, 0.05) is 36.3 Å². The smallest absolute Gasteiger partial charge is 0.345 e. The topological polar surface area (TPSA) is 40.5 Å². The van der Waals surface area contributed by atoms with E-state index in [1.165, 1.54) is 11.3 Å². The minimum absolute atomic E-state index is 0.343. The van der Waals surface area contributed by atoms with Gasteiger partial charge in [-0.3, -0.25) is 0 Å². The third-order valence-corrected chi connectivity index (χ3v) is 5.49. The zero-order valence-electron chi connectivity index (χ0n) is 12.4. The average Bonchev–Trinajstić information content (AvgIpc) is 2.91. The molecule has 0 aliphatic carbocycles. The Morgan fingerprint density at radius 3 is 2.64 bits per heavy atom. The molecule has 1 aromatic carbocycles. The van der Waals surface area contributed by atoms with E-state index < -0.39 is 11.6 Å². The van der Waals surface area contributed by atoms with Gasteiger partial charge in [-0.05, 0) is 36.1 Å². The summed E-state index contributed by atoms with van der Waals surface area (Å²) in [7, 11) is 0. The number of carbonyl (C=O) groups is 1. The second-order valence-electron chi connectivity index (χ2n) is 5.87. The van der Waals surface area contributed by atoms with Crippen molar-refractivity contribution < 1.29 is 14.3 Å². The van der Waals surface area contributed by atoms with Crippen LogP contribution < -0.4 is 4.90 Å². The van der Waals surface area contributed by atoms with Crippen molar-refractivity contribution in [3.8, 4) is 0 Å². The number of halogens is 1. The van der Waals surface area contributed by atoms with Crippen molar-refractivity contribution in [2.45, 2.75) is 25.4 Å². The Kier molecular flexibility index (Phi) is 3.68. The Morgan fingerprint density at radius 1 is 1.36 bits per heavy atom. The molecular weight excluding hydrogens is 301 g/mol. The van der Waals surface area contributed by atoms with Crippen LogP contribution >= 0.6 is 11.3 Å². The van der Waals surface area contributed by atoms with Crippen molar-refractivity contribution in [3.05, 3.63) is 41.3 Å². The van der Waals surface area contributed by atoms with E-state index in [9.17, 15) is 9.18 Å². The first-order chi connectivity index (χ1) is 10.4. The first kappa shape index (κ1) is 15.0. The maximum atomic E-state index is 14.5. The largest absolute Gasteiger partial charge is 0.477 e. The van der Waals surface area contributed by atoms with Gasteiger partial charge in [-0.25, -0.2) is 9.18 Å². The van der Waals surface area contributed by atoms with Crippen LogP contribution in [-0.2, 0) is 0 Å². The first-order valence-corrected chi connectivity index (χ1v) is 8.07. The fourth-order valence-corrected chi connectivity index (χ4v) is 3.80. The van der Waals surface area contributed by atoms with Gasteiger partial charge in [0.1, 0.15) is 10.5 Å². The zero-order chi connectivity index (χ0) is 15.9. The van der Waals surface area contributed by atoms with Crippen LogP contribution in [0.5, 0.6) is 0 Å². The molecule has 0 saturated carbocycles. The molecule has 0 atom stereocenters. The molecule has 1 N–H and O–H groups in total. The number of aromatic carboxylic acids is 1. The van der Waals surface area contributed by atoms with Gasteiger partial charge in [-0.15, -0.1) is 11.3 Å². The highest BCUT2D eigenvalue weighted by Crippen LogP contribution is 2.36. The highest BCUT2D eigenvalue weighted by Gasteiger charge is 2.35. The molecule has 3 nitrogen and oxygen atoms in total. The predicted octanol–water partition coefficient (Wildman–Crippen LogP) is 4.48. The molecule has 116 valence electrons.